The Kier molecular flexibility index (Phi) is 3.45. The molecule has 0 bridgehead atoms. The van der Waals surface area contributed by atoms with Crippen molar-refractivity contribution < 1.29 is 8.95 Å². The first-order valence-corrected chi connectivity index (χ1v) is 8.16. The molecule has 3 heterocycles. The summed E-state index contributed by atoms with van der Waals surface area (Å²) in [7, 11) is 0.410. The third-order valence-electron chi connectivity index (χ3n) is 2.69. The monoisotopic (exact) mass is 305 g/mol. The van der Waals surface area contributed by atoms with Crippen LogP contribution in [-0.2, 0) is 10.8 Å². The zero-order chi connectivity index (χ0) is 14.1. The van der Waals surface area contributed by atoms with E-state index in [1.54, 1.807) is 37.0 Å². The second-order valence-corrected chi connectivity index (χ2v) is 6.39. The molecule has 0 aliphatic carbocycles. The number of pyridine rings is 1. The predicted octanol–water partition coefficient (Wildman–Crippen LogP) is 2.50. The van der Waals surface area contributed by atoms with Crippen LogP contribution >= 0.6 is 11.3 Å². The van der Waals surface area contributed by atoms with Crippen molar-refractivity contribution in [3.8, 4) is 16.5 Å². The number of rotatable bonds is 3. The van der Waals surface area contributed by atoms with Crippen LogP contribution in [0.5, 0.6) is 5.88 Å². The second kappa shape index (κ2) is 5.26. The highest BCUT2D eigenvalue weighted by molar-refractivity contribution is 7.84. The van der Waals surface area contributed by atoms with Crippen molar-refractivity contribution in [1.82, 2.24) is 15.0 Å². The molecule has 1 atom stereocenters. The zero-order valence-corrected chi connectivity index (χ0v) is 12.5. The molecule has 0 spiro atoms. The lowest BCUT2D eigenvalue weighted by Gasteiger charge is -2.00. The van der Waals surface area contributed by atoms with Gasteiger partial charge in [-0.1, -0.05) is 6.07 Å². The number of thiophene rings is 1. The summed E-state index contributed by atoms with van der Waals surface area (Å²) < 4.78 is 17.5. The highest BCUT2D eigenvalue weighted by Gasteiger charge is 2.10. The molecule has 0 N–H and O–H groups in total. The number of hydrogen-bond donors (Lipinski definition) is 0. The fraction of sp³-hybridized carbons (Fsp3) is 0.154. The van der Waals surface area contributed by atoms with E-state index in [0.29, 0.717) is 11.0 Å². The van der Waals surface area contributed by atoms with Crippen molar-refractivity contribution in [2.24, 2.45) is 0 Å². The van der Waals surface area contributed by atoms with E-state index in [4.69, 9.17) is 4.74 Å². The molecule has 0 saturated heterocycles. The molecular formula is C13H11N3O2S2. The van der Waals surface area contributed by atoms with Crippen LogP contribution in [0.1, 0.15) is 0 Å². The molecular weight excluding hydrogens is 294 g/mol. The first-order chi connectivity index (χ1) is 9.67. The molecule has 3 aromatic heterocycles. The summed E-state index contributed by atoms with van der Waals surface area (Å²) in [6, 6.07) is 7.54. The minimum Gasteiger partial charge on any atom is -0.481 e. The van der Waals surface area contributed by atoms with Gasteiger partial charge in [0.1, 0.15) is 0 Å². The van der Waals surface area contributed by atoms with Crippen molar-refractivity contribution in [3.63, 3.8) is 0 Å². The Morgan fingerprint density at radius 2 is 2.15 bits per heavy atom. The van der Waals surface area contributed by atoms with Gasteiger partial charge < -0.3 is 4.74 Å². The zero-order valence-electron chi connectivity index (χ0n) is 10.9. The summed E-state index contributed by atoms with van der Waals surface area (Å²) in [5, 5.41) is 0.348. The van der Waals surface area contributed by atoms with Crippen LogP contribution in [0.4, 0.5) is 0 Å². The Morgan fingerprint density at radius 1 is 1.30 bits per heavy atom. The van der Waals surface area contributed by atoms with Crippen LogP contribution in [0.25, 0.3) is 20.8 Å². The van der Waals surface area contributed by atoms with Gasteiger partial charge >= 0.3 is 0 Å². The number of hydrogen-bond acceptors (Lipinski definition) is 6. The van der Waals surface area contributed by atoms with E-state index in [9.17, 15) is 4.21 Å². The average molecular weight is 305 g/mol. The van der Waals surface area contributed by atoms with Gasteiger partial charge in [-0.25, -0.2) is 15.0 Å². The van der Waals surface area contributed by atoms with Gasteiger partial charge in [0.2, 0.25) is 11.0 Å². The quantitative estimate of drug-likeness (QED) is 0.696. The van der Waals surface area contributed by atoms with E-state index in [0.717, 1.165) is 20.8 Å². The summed E-state index contributed by atoms with van der Waals surface area (Å²) in [5.41, 5.74) is 1.61. The number of aromatic nitrogens is 3. The van der Waals surface area contributed by atoms with E-state index < -0.39 is 10.8 Å². The Hall–Kier alpha value is -1.86. The molecule has 0 fully saturated rings. The number of fused-ring (bicyclic) bond motifs is 1. The van der Waals surface area contributed by atoms with Crippen LogP contribution in [0.15, 0.2) is 35.6 Å². The highest BCUT2D eigenvalue weighted by atomic mass is 32.2. The fourth-order valence-electron chi connectivity index (χ4n) is 1.75. The molecule has 3 aromatic rings. The molecule has 102 valence electrons. The summed E-state index contributed by atoms with van der Waals surface area (Å²) in [6.45, 7) is 0. The van der Waals surface area contributed by atoms with Gasteiger partial charge in [0, 0.05) is 18.5 Å². The standard InChI is InChI=1S/C13H11N3O2S2/c1-18-12-5-3-4-8(15-12)10-6-9-11(19-10)7-14-13(16-9)20(2)17/h3-7H,1-2H3. The van der Waals surface area contributed by atoms with Gasteiger partial charge in [-0.05, 0) is 12.1 Å². The third kappa shape index (κ3) is 2.41. The molecule has 20 heavy (non-hydrogen) atoms. The topological polar surface area (TPSA) is 65.0 Å². The Labute approximate surface area is 122 Å². The summed E-state index contributed by atoms with van der Waals surface area (Å²) >= 11 is 1.55. The first kappa shape index (κ1) is 13.1. The van der Waals surface area contributed by atoms with Crippen molar-refractivity contribution in [2.75, 3.05) is 13.4 Å². The number of nitrogens with zero attached hydrogens (tertiary/aromatic N) is 3. The van der Waals surface area contributed by atoms with E-state index in [2.05, 4.69) is 15.0 Å². The molecule has 3 rings (SSSR count). The predicted molar refractivity (Wildman–Crippen MR) is 79.5 cm³/mol. The van der Waals surface area contributed by atoms with Crippen LogP contribution in [0.3, 0.4) is 0 Å². The van der Waals surface area contributed by atoms with Gasteiger partial charge in [0.15, 0.2) is 0 Å². The second-order valence-electron chi connectivity index (χ2n) is 4.03. The van der Waals surface area contributed by atoms with Crippen molar-refractivity contribution >= 4 is 32.4 Å². The fourth-order valence-corrected chi connectivity index (χ4v) is 3.12. The largest absolute Gasteiger partial charge is 0.481 e. The Morgan fingerprint density at radius 3 is 2.90 bits per heavy atom. The van der Waals surface area contributed by atoms with E-state index in [-0.39, 0.29) is 0 Å². The van der Waals surface area contributed by atoms with Gasteiger partial charge in [0.05, 0.1) is 38.7 Å². The first-order valence-electron chi connectivity index (χ1n) is 5.79. The molecule has 1 unspecified atom stereocenters. The number of ether oxygens (including phenoxy) is 1. The third-order valence-corrected chi connectivity index (χ3v) is 4.48. The van der Waals surface area contributed by atoms with Gasteiger partial charge in [-0.15, -0.1) is 11.3 Å². The Balaban J connectivity index is 2.10. The van der Waals surface area contributed by atoms with Crippen molar-refractivity contribution in [2.45, 2.75) is 5.16 Å². The van der Waals surface area contributed by atoms with Crippen LogP contribution in [-0.4, -0.2) is 32.5 Å². The molecule has 0 saturated carbocycles. The molecule has 0 aromatic carbocycles. The molecule has 0 radical (unpaired) electrons. The molecule has 7 heteroatoms. The molecule has 0 aliphatic heterocycles. The molecule has 0 aliphatic rings. The maximum atomic E-state index is 11.4. The van der Waals surface area contributed by atoms with Crippen molar-refractivity contribution in [1.29, 1.82) is 0 Å². The van der Waals surface area contributed by atoms with E-state index in [1.807, 2.05) is 18.2 Å². The SMILES string of the molecule is COc1cccc(-c2cc3nc(S(C)=O)ncc3s2)n1. The summed E-state index contributed by atoms with van der Waals surface area (Å²) in [4.78, 5) is 13.8. The van der Waals surface area contributed by atoms with Gasteiger partial charge in [-0.2, -0.15) is 0 Å². The van der Waals surface area contributed by atoms with E-state index in [1.165, 1.54) is 0 Å². The van der Waals surface area contributed by atoms with Crippen LogP contribution < -0.4 is 4.74 Å². The lowest BCUT2D eigenvalue weighted by Crippen LogP contribution is -1.94. The molecule has 5 nitrogen and oxygen atoms in total. The smallest absolute Gasteiger partial charge is 0.218 e. The van der Waals surface area contributed by atoms with Crippen LogP contribution in [0.2, 0.25) is 0 Å². The summed E-state index contributed by atoms with van der Waals surface area (Å²) in [5.74, 6) is 0.571. The normalized spacial score (nSPS) is 12.5. The highest BCUT2D eigenvalue weighted by Crippen LogP contribution is 2.32. The van der Waals surface area contributed by atoms with Gasteiger partial charge in [-0.3, -0.25) is 4.21 Å². The molecule has 0 amide bonds. The number of methoxy groups -OCH3 is 1. The lowest BCUT2D eigenvalue weighted by atomic mass is 10.3. The summed E-state index contributed by atoms with van der Waals surface area (Å²) in [6.07, 6.45) is 3.27. The average Bonchev–Trinajstić information content (AvgIpc) is 2.90. The maximum absolute atomic E-state index is 11.4. The van der Waals surface area contributed by atoms with E-state index >= 15 is 0 Å². The lowest BCUT2D eigenvalue weighted by molar-refractivity contribution is 0.398. The minimum atomic E-state index is -1.18. The van der Waals surface area contributed by atoms with Crippen LogP contribution in [0, 0.1) is 0 Å². The maximum Gasteiger partial charge on any atom is 0.218 e. The van der Waals surface area contributed by atoms with Gasteiger partial charge in [0.25, 0.3) is 0 Å². The Bertz CT molecular complexity index is 801. The minimum absolute atomic E-state index is 0.348. The van der Waals surface area contributed by atoms with Crippen molar-refractivity contribution in [3.05, 3.63) is 30.5 Å².